The standard InChI is InChI=1S/C57H69N3O3/c1-31-10-43(4-7-46(31)58)61-52-50(56-25-37-16-38(26-56)18-39(17-37)27-56)49(55-22-34-13-35(23-55)15-36(14-34)24-55)51(57-28-40-19-41(29-57)21-42(20-40)30-57)53(62-44-5-8-47(59)32(2)11-44)54(52)63-45-6-9-48(60)33(3)12-45/h4-12,34-42H,13-30,58-60H2,1-3H3. The zero-order valence-electron chi connectivity index (χ0n) is 38.1. The highest BCUT2D eigenvalue weighted by molar-refractivity contribution is 5.73. The molecule has 0 spiro atoms. The van der Waals surface area contributed by atoms with Crippen molar-refractivity contribution in [1.29, 1.82) is 0 Å². The summed E-state index contributed by atoms with van der Waals surface area (Å²) in [4.78, 5) is 0. The van der Waals surface area contributed by atoms with Gasteiger partial charge in [-0.1, -0.05) is 0 Å². The van der Waals surface area contributed by atoms with Gasteiger partial charge in [0.15, 0.2) is 11.5 Å². The van der Waals surface area contributed by atoms with Crippen LogP contribution in [-0.4, -0.2) is 0 Å². The van der Waals surface area contributed by atoms with E-state index in [2.05, 4.69) is 57.2 Å². The number of ether oxygens (including phenoxy) is 3. The summed E-state index contributed by atoms with van der Waals surface area (Å²) in [6, 6.07) is 18.7. The van der Waals surface area contributed by atoms with Crippen molar-refractivity contribution < 1.29 is 14.2 Å². The SMILES string of the molecule is Cc1cc(Oc2c(Oc3ccc(N)c(C)c3)c(C34CC5CC(CC(C5)C3)C4)c(C34CC5CC(CC(C5)C3)C4)c(C34CC5CC(CC(C5)C3)C4)c2Oc2ccc(N)c(C)c2)ccc1N. The van der Waals surface area contributed by atoms with Crippen molar-refractivity contribution in [2.45, 2.75) is 153 Å². The average molecular weight is 844 g/mol. The minimum atomic E-state index is 0.0219. The van der Waals surface area contributed by atoms with Crippen LogP contribution in [0.5, 0.6) is 34.5 Å². The van der Waals surface area contributed by atoms with Crippen molar-refractivity contribution in [3.63, 3.8) is 0 Å². The number of hydrogen-bond acceptors (Lipinski definition) is 6. The maximum absolute atomic E-state index is 7.79. The zero-order chi connectivity index (χ0) is 42.6. The molecule has 0 aliphatic heterocycles. The molecule has 0 saturated heterocycles. The van der Waals surface area contributed by atoms with Crippen molar-refractivity contribution in [3.05, 3.63) is 88.0 Å². The lowest BCUT2D eigenvalue weighted by atomic mass is 9.41. The van der Waals surface area contributed by atoms with Crippen molar-refractivity contribution in [2.75, 3.05) is 17.2 Å². The van der Waals surface area contributed by atoms with Gasteiger partial charge in [-0.05, 0) is 272 Å². The molecule has 6 N–H and O–H groups in total. The van der Waals surface area contributed by atoms with Crippen LogP contribution in [0.1, 0.15) is 149 Å². The van der Waals surface area contributed by atoms with Gasteiger partial charge in [-0.2, -0.15) is 0 Å². The Kier molecular flexibility index (Phi) is 8.59. The summed E-state index contributed by atoms with van der Waals surface area (Å²) < 4.78 is 23.2. The molecule has 0 unspecified atom stereocenters. The molecular formula is C57H69N3O3. The Balaban J connectivity index is 1.18. The van der Waals surface area contributed by atoms with Gasteiger partial charge in [-0.25, -0.2) is 0 Å². The molecule has 0 atom stereocenters. The van der Waals surface area contributed by atoms with E-state index in [0.29, 0.717) is 0 Å². The number of aryl methyl sites for hydroxylation is 3. The van der Waals surface area contributed by atoms with Crippen LogP contribution in [-0.2, 0) is 16.2 Å². The molecule has 6 nitrogen and oxygen atoms in total. The smallest absolute Gasteiger partial charge is 0.212 e. The van der Waals surface area contributed by atoms with Crippen molar-refractivity contribution in [2.24, 2.45) is 53.3 Å². The third-order valence-corrected chi connectivity index (χ3v) is 19.5. The summed E-state index contributed by atoms with van der Waals surface area (Å²) in [6.45, 7) is 6.29. The fraction of sp³-hybridized carbons (Fsp3) is 0.579. The van der Waals surface area contributed by atoms with Gasteiger partial charge in [0.2, 0.25) is 5.75 Å². The fourth-order valence-electron chi connectivity index (χ4n) is 18.3. The number of benzene rings is 4. The first-order valence-electron chi connectivity index (χ1n) is 25.3. The minimum Gasteiger partial charge on any atom is -0.453 e. The van der Waals surface area contributed by atoms with Gasteiger partial charge in [0.05, 0.1) is 0 Å². The maximum atomic E-state index is 7.79. The van der Waals surface area contributed by atoms with E-state index in [1.54, 1.807) is 16.7 Å². The highest BCUT2D eigenvalue weighted by Crippen LogP contribution is 2.73. The van der Waals surface area contributed by atoms with Gasteiger partial charge in [-0.15, -0.1) is 0 Å². The topological polar surface area (TPSA) is 106 Å². The zero-order valence-corrected chi connectivity index (χ0v) is 38.1. The van der Waals surface area contributed by atoms with Crippen LogP contribution in [0.25, 0.3) is 0 Å². The molecule has 12 bridgehead atoms. The molecule has 6 heteroatoms. The molecule has 0 aromatic heterocycles. The van der Waals surface area contributed by atoms with Crippen molar-refractivity contribution in [3.8, 4) is 34.5 Å². The van der Waals surface area contributed by atoms with Gasteiger partial charge in [-0.3, -0.25) is 0 Å². The predicted octanol–water partition coefficient (Wildman–Crippen LogP) is 14.1. The first-order valence-corrected chi connectivity index (χ1v) is 25.3. The van der Waals surface area contributed by atoms with Gasteiger partial charge >= 0.3 is 0 Å². The Hall–Kier alpha value is -4.32. The summed E-state index contributed by atoms with van der Waals surface area (Å²) in [5.74, 6) is 12.0. The molecule has 4 aromatic carbocycles. The Morgan fingerprint density at radius 3 is 0.841 bits per heavy atom. The Bertz CT molecular complexity index is 2310. The second-order valence-electron chi connectivity index (χ2n) is 24.1. The molecule has 12 aliphatic carbocycles. The third-order valence-electron chi connectivity index (χ3n) is 19.5. The number of rotatable bonds is 9. The largest absolute Gasteiger partial charge is 0.453 e. The lowest BCUT2D eigenvalue weighted by molar-refractivity contribution is -0.0255. The molecule has 16 rings (SSSR count). The van der Waals surface area contributed by atoms with Crippen LogP contribution in [0, 0.1) is 74.0 Å². The summed E-state index contributed by atoms with van der Waals surface area (Å²) in [5, 5.41) is 0. The molecule has 0 radical (unpaired) electrons. The van der Waals surface area contributed by atoms with E-state index in [1.165, 1.54) is 116 Å². The Morgan fingerprint density at radius 2 is 0.587 bits per heavy atom. The predicted molar refractivity (Wildman–Crippen MR) is 253 cm³/mol. The first-order chi connectivity index (χ1) is 30.4. The van der Waals surface area contributed by atoms with E-state index in [9.17, 15) is 0 Å². The molecule has 0 amide bonds. The number of nitrogen functional groups attached to an aromatic ring is 3. The quantitative estimate of drug-likeness (QED) is 0.145. The maximum Gasteiger partial charge on any atom is 0.212 e. The van der Waals surface area contributed by atoms with E-state index in [0.717, 1.165) is 122 Å². The average Bonchev–Trinajstić information content (AvgIpc) is 3.21. The van der Waals surface area contributed by atoms with Crippen LogP contribution in [0.2, 0.25) is 0 Å². The highest BCUT2D eigenvalue weighted by atomic mass is 16.5. The molecule has 0 heterocycles. The minimum absolute atomic E-state index is 0.0219. The molecule has 12 aliphatic rings. The van der Waals surface area contributed by atoms with Crippen LogP contribution in [0.3, 0.4) is 0 Å². The molecule has 330 valence electrons. The summed E-state index contributed by atoms with van der Waals surface area (Å²) in [5.41, 5.74) is 29.9. The first kappa shape index (κ1) is 39.1. The third kappa shape index (κ3) is 6.21. The van der Waals surface area contributed by atoms with Gasteiger partial charge in [0.25, 0.3) is 0 Å². The molecule has 12 fully saturated rings. The van der Waals surface area contributed by atoms with Crippen LogP contribution >= 0.6 is 0 Å². The van der Waals surface area contributed by atoms with Crippen molar-refractivity contribution >= 4 is 17.1 Å². The van der Waals surface area contributed by atoms with Gasteiger partial charge in [0, 0.05) is 39.0 Å². The normalized spacial score (nSPS) is 37.5. The molecule has 12 saturated carbocycles. The second-order valence-corrected chi connectivity index (χ2v) is 24.1. The van der Waals surface area contributed by atoms with Gasteiger partial charge < -0.3 is 31.4 Å². The Morgan fingerprint density at radius 1 is 0.349 bits per heavy atom. The van der Waals surface area contributed by atoms with E-state index in [1.807, 2.05) is 18.2 Å². The van der Waals surface area contributed by atoms with E-state index in [4.69, 9.17) is 31.4 Å². The number of anilines is 3. The summed E-state index contributed by atoms with van der Waals surface area (Å²) in [7, 11) is 0. The summed E-state index contributed by atoms with van der Waals surface area (Å²) in [6.07, 6.45) is 24.1. The highest BCUT2D eigenvalue weighted by Gasteiger charge is 2.62. The number of hydrogen-bond donors (Lipinski definition) is 3. The van der Waals surface area contributed by atoms with Crippen LogP contribution in [0.4, 0.5) is 17.1 Å². The molecular weight excluding hydrogens is 775 g/mol. The van der Waals surface area contributed by atoms with Crippen molar-refractivity contribution in [1.82, 2.24) is 0 Å². The fourth-order valence-corrected chi connectivity index (χ4v) is 18.3. The van der Waals surface area contributed by atoms with E-state index < -0.39 is 0 Å². The second kappa shape index (κ2) is 13.8. The van der Waals surface area contributed by atoms with Crippen LogP contribution in [0.15, 0.2) is 54.6 Å². The van der Waals surface area contributed by atoms with E-state index >= 15 is 0 Å². The lowest BCUT2D eigenvalue weighted by Gasteiger charge is -2.63. The molecule has 4 aromatic rings. The van der Waals surface area contributed by atoms with E-state index in [-0.39, 0.29) is 16.2 Å². The Labute approximate surface area is 375 Å². The molecule has 63 heavy (non-hydrogen) atoms. The summed E-state index contributed by atoms with van der Waals surface area (Å²) >= 11 is 0. The van der Waals surface area contributed by atoms with Gasteiger partial charge in [0.1, 0.15) is 17.2 Å². The lowest BCUT2D eigenvalue weighted by Crippen LogP contribution is -2.55. The number of nitrogens with two attached hydrogens (primary N) is 3. The van der Waals surface area contributed by atoms with Crippen LogP contribution < -0.4 is 31.4 Å². The monoisotopic (exact) mass is 844 g/mol.